The molecule has 1 aliphatic heterocycles. The van der Waals surface area contributed by atoms with Crippen LogP contribution in [0.15, 0.2) is 63.3 Å². The third kappa shape index (κ3) is 2.89. The number of para-hydroxylation sites is 1. The van der Waals surface area contributed by atoms with E-state index in [9.17, 15) is 21.2 Å². The third-order valence-corrected chi connectivity index (χ3v) is 10.5. The van der Waals surface area contributed by atoms with E-state index in [0.717, 1.165) is 12.1 Å². The Balaban J connectivity index is 1.73. The van der Waals surface area contributed by atoms with E-state index in [0.29, 0.717) is 31.1 Å². The van der Waals surface area contributed by atoms with Crippen molar-refractivity contribution in [1.29, 1.82) is 0 Å². The molecule has 2 aliphatic rings. The van der Waals surface area contributed by atoms with Crippen LogP contribution in [0, 0.1) is 23.6 Å². The zero-order valence-corrected chi connectivity index (χ0v) is 18.4. The SMILES string of the molecule is Cn1c(S(=O)(=O)N2CC3C(CN)C3C2)c(S(=O)(=O)c2ccccc2F)c2ccccc21. The van der Waals surface area contributed by atoms with Crippen molar-refractivity contribution in [2.45, 2.75) is 14.8 Å². The minimum absolute atomic E-state index is 0.209. The summed E-state index contributed by atoms with van der Waals surface area (Å²) in [6.45, 7) is 1.15. The number of sulfonamides is 1. The lowest BCUT2D eigenvalue weighted by Gasteiger charge is -2.21. The third-order valence-electron chi connectivity index (χ3n) is 6.60. The predicted molar refractivity (Wildman–Crippen MR) is 113 cm³/mol. The van der Waals surface area contributed by atoms with Crippen LogP contribution in [0.2, 0.25) is 0 Å². The number of aromatic nitrogens is 1. The Morgan fingerprint density at radius 1 is 1.00 bits per heavy atom. The van der Waals surface area contributed by atoms with Crippen molar-refractivity contribution in [3.8, 4) is 0 Å². The van der Waals surface area contributed by atoms with Gasteiger partial charge in [-0.1, -0.05) is 30.3 Å². The molecule has 1 aromatic heterocycles. The van der Waals surface area contributed by atoms with E-state index in [2.05, 4.69) is 0 Å². The molecule has 1 saturated heterocycles. The Morgan fingerprint density at radius 3 is 2.26 bits per heavy atom. The van der Waals surface area contributed by atoms with Crippen molar-refractivity contribution in [3.05, 3.63) is 54.3 Å². The second-order valence-electron chi connectivity index (χ2n) is 8.19. The van der Waals surface area contributed by atoms with E-state index in [4.69, 9.17) is 5.73 Å². The van der Waals surface area contributed by atoms with E-state index in [-0.39, 0.29) is 27.1 Å². The van der Waals surface area contributed by atoms with Gasteiger partial charge in [-0.05, 0) is 42.5 Å². The molecular weight excluding hydrogens is 441 g/mol. The first kappa shape index (κ1) is 20.6. The van der Waals surface area contributed by atoms with Gasteiger partial charge in [0.2, 0.25) is 9.84 Å². The van der Waals surface area contributed by atoms with Crippen LogP contribution >= 0.6 is 0 Å². The molecule has 1 saturated carbocycles. The van der Waals surface area contributed by atoms with Crippen LogP contribution in [-0.2, 0) is 26.9 Å². The molecule has 2 aromatic carbocycles. The molecule has 0 amide bonds. The number of hydrogen-bond donors (Lipinski definition) is 1. The summed E-state index contributed by atoms with van der Waals surface area (Å²) in [4.78, 5) is -0.929. The molecule has 2 N–H and O–H groups in total. The molecule has 164 valence electrons. The molecule has 0 spiro atoms. The molecule has 0 radical (unpaired) electrons. The molecule has 2 unspecified atom stereocenters. The summed E-state index contributed by atoms with van der Waals surface area (Å²) < 4.78 is 71.7. The summed E-state index contributed by atoms with van der Waals surface area (Å²) in [6.07, 6.45) is 0. The molecule has 5 rings (SSSR count). The maximum atomic E-state index is 14.5. The second kappa shape index (κ2) is 6.86. The number of benzene rings is 2. The standard InChI is InChI=1S/C21H22FN3O4S2/c1-24-18-8-4-2-6-13(18)20(30(26,27)19-9-5-3-7-17(19)22)21(24)31(28,29)25-11-15-14(10-23)16(15)12-25/h2-9,14-16H,10-12,23H2,1H3. The van der Waals surface area contributed by atoms with Gasteiger partial charge in [0.1, 0.15) is 15.6 Å². The van der Waals surface area contributed by atoms with E-state index in [1.807, 2.05) is 0 Å². The van der Waals surface area contributed by atoms with Gasteiger partial charge in [-0.15, -0.1) is 0 Å². The van der Waals surface area contributed by atoms with Crippen LogP contribution in [0.3, 0.4) is 0 Å². The number of rotatable bonds is 5. The maximum Gasteiger partial charge on any atom is 0.260 e. The van der Waals surface area contributed by atoms with Crippen molar-refractivity contribution >= 4 is 30.8 Å². The summed E-state index contributed by atoms with van der Waals surface area (Å²) in [7, 11) is -7.08. The van der Waals surface area contributed by atoms with Crippen LogP contribution < -0.4 is 5.73 Å². The van der Waals surface area contributed by atoms with E-state index >= 15 is 0 Å². The number of sulfone groups is 1. The zero-order valence-electron chi connectivity index (χ0n) is 16.8. The molecule has 7 nitrogen and oxygen atoms in total. The Labute approximate surface area is 180 Å². The molecule has 2 fully saturated rings. The van der Waals surface area contributed by atoms with E-state index < -0.39 is 30.6 Å². The van der Waals surface area contributed by atoms with Crippen LogP contribution in [0.25, 0.3) is 10.9 Å². The van der Waals surface area contributed by atoms with Crippen LogP contribution in [0.5, 0.6) is 0 Å². The average molecular weight is 464 g/mol. The molecule has 2 atom stereocenters. The van der Waals surface area contributed by atoms with Crippen molar-refractivity contribution in [1.82, 2.24) is 8.87 Å². The lowest BCUT2D eigenvalue weighted by atomic mass is 10.2. The zero-order chi connectivity index (χ0) is 22.1. The first-order valence-electron chi connectivity index (χ1n) is 9.97. The van der Waals surface area contributed by atoms with Gasteiger partial charge >= 0.3 is 0 Å². The van der Waals surface area contributed by atoms with Crippen molar-refractivity contribution in [2.75, 3.05) is 19.6 Å². The first-order valence-corrected chi connectivity index (χ1v) is 12.9. The second-order valence-corrected chi connectivity index (χ2v) is 11.9. The van der Waals surface area contributed by atoms with Gasteiger partial charge in [0.05, 0.1) is 5.52 Å². The van der Waals surface area contributed by atoms with Crippen molar-refractivity contribution < 1.29 is 21.2 Å². The molecule has 31 heavy (non-hydrogen) atoms. The number of hydrogen-bond acceptors (Lipinski definition) is 5. The van der Waals surface area contributed by atoms with Crippen molar-refractivity contribution in [2.24, 2.45) is 30.5 Å². The maximum absolute atomic E-state index is 14.5. The lowest BCUT2D eigenvalue weighted by Crippen LogP contribution is -2.34. The minimum Gasteiger partial charge on any atom is -0.332 e. The van der Waals surface area contributed by atoms with Gasteiger partial charge in [-0.3, -0.25) is 0 Å². The fourth-order valence-corrected chi connectivity index (χ4v) is 8.98. The molecular formula is C21H22FN3O4S2. The molecule has 1 aliphatic carbocycles. The van der Waals surface area contributed by atoms with Gasteiger partial charge in [-0.25, -0.2) is 21.2 Å². The Morgan fingerprint density at radius 2 is 1.61 bits per heavy atom. The summed E-state index contributed by atoms with van der Waals surface area (Å²) in [5, 5.41) is -0.0847. The van der Waals surface area contributed by atoms with Gasteiger partial charge in [0.25, 0.3) is 10.0 Å². The fraction of sp³-hybridized carbons (Fsp3) is 0.333. The lowest BCUT2D eigenvalue weighted by molar-refractivity contribution is 0.408. The molecule has 0 bridgehead atoms. The number of aryl methyl sites for hydroxylation is 1. The molecule has 2 heterocycles. The minimum atomic E-state index is -4.46. The van der Waals surface area contributed by atoms with Crippen molar-refractivity contribution in [3.63, 3.8) is 0 Å². The fourth-order valence-electron chi connectivity index (χ4n) is 4.94. The van der Waals surface area contributed by atoms with Crippen LogP contribution in [0.4, 0.5) is 4.39 Å². The summed E-state index contributed by atoms with van der Waals surface area (Å²) >= 11 is 0. The topological polar surface area (TPSA) is 102 Å². The summed E-state index contributed by atoms with van der Waals surface area (Å²) in [5.74, 6) is -0.185. The number of halogens is 1. The smallest absolute Gasteiger partial charge is 0.260 e. The highest BCUT2D eigenvalue weighted by molar-refractivity contribution is 7.93. The first-order chi connectivity index (χ1) is 14.7. The van der Waals surface area contributed by atoms with Crippen LogP contribution in [-0.4, -0.2) is 45.3 Å². The van der Waals surface area contributed by atoms with Gasteiger partial charge in [-0.2, -0.15) is 4.31 Å². The van der Waals surface area contributed by atoms with Gasteiger partial charge in [0.15, 0.2) is 5.03 Å². The highest BCUT2D eigenvalue weighted by Crippen LogP contribution is 2.52. The summed E-state index contributed by atoms with van der Waals surface area (Å²) in [5.41, 5.74) is 6.18. The quantitative estimate of drug-likeness (QED) is 0.623. The van der Waals surface area contributed by atoms with Crippen LogP contribution in [0.1, 0.15) is 0 Å². The molecule has 3 aromatic rings. The van der Waals surface area contributed by atoms with E-state index in [1.165, 1.54) is 28.1 Å². The predicted octanol–water partition coefficient (Wildman–Crippen LogP) is 1.98. The Hall–Kier alpha value is -2.27. The average Bonchev–Trinajstić information content (AvgIpc) is 3.06. The van der Waals surface area contributed by atoms with E-state index in [1.54, 1.807) is 24.3 Å². The Kier molecular flexibility index (Phi) is 4.57. The Bertz CT molecular complexity index is 1400. The highest BCUT2D eigenvalue weighted by Gasteiger charge is 2.57. The number of fused-ring (bicyclic) bond motifs is 2. The van der Waals surface area contributed by atoms with Gasteiger partial charge in [0, 0.05) is 25.5 Å². The number of nitrogens with two attached hydrogens (primary N) is 1. The monoisotopic (exact) mass is 463 g/mol. The largest absolute Gasteiger partial charge is 0.332 e. The highest BCUT2D eigenvalue weighted by atomic mass is 32.2. The number of piperidine rings is 1. The number of nitrogens with zero attached hydrogens (tertiary/aromatic N) is 2. The molecule has 10 heteroatoms. The normalized spacial score (nSPS) is 23.9. The summed E-state index contributed by atoms with van der Waals surface area (Å²) in [6, 6.07) is 11.5. The van der Waals surface area contributed by atoms with Gasteiger partial charge < -0.3 is 10.3 Å².